The molecule has 0 aliphatic carbocycles. The molecule has 1 heterocycles. The lowest BCUT2D eigenvalue weighted by Crippen LogP contribution is -1.93. The summed E-state index contributed by atoms with van der Waals surface area (Å²) >= 11 is 0. The molecule has 3 aromatic carbocycles. The molecule has 2 heteroatoms. The molecule has 0 bridgehead atoms. The molecule has 0 saturated carbocycles. The molecule has 0 spiro atoms. The van der Waals surface area contributed by atoms with Crippen LogP contribution in [0.2, 0.25) is 0 Å². The number of rotatable bonds is 2. The maximum atomic E-state index is 10.7. The average molecular weight is 270 g/mol. The molecule has 4 aromatic rings. The molecule has 99 valence electrons. The highest BCUT2D eigenvalue weighted by molar-refractivity contribution is 6.09. The van der Waals surface area contributed by atoms with Gasteiger partial charge < -0.3 is 4.57 Å². The first-order valence-electron chi connectivity index (χ1n) is 6.85. The molecule has 21 heavy (non-hydrogen) atoms. The smallest absolute Gasteiger partial charge is 0.233 e. The summed E-state index contributed by atoms with van der Waals surface area (Å²) < 4.78 is 2.22. The standard InChI is InChI=1S/C19H12NO/c21-13-14-9-11-15(12-10-14)20-18-7-3-1-5-16(18)17-6-2-4-8-19(17)20/h1-12H. The highest BCUT2D eigenvalue weighted by Gasteiger charge is 2.10. The Morgan fingerprint density at radius 2 is 1.19 bits per heavy atom. The molecule has 4 rings (SSSR count). The van der Waals surface area contributed by atoms with E-state index in [1.54, 1.807) is 12.1 Å². The number of benzene rings is 3. The summed E-state index contributed by atoms with van der Waals surface area (Å²) in [6, 6.07) is 24.2. The van der Waals surface area contributed by atoms with Crippen molar-refractivity contribution < 1.29 is 4.79 Å². The van der Waals surface area contributed by atoms with E-state index in [1.807, 2.05) is 30.6 Å². The van der Waals surface area contributed by atoms with E-state index >= 15 is 0 Å². The number of nitrogens with zero attached hydrogens (tertiary/aromatic N) is 1. The van der Waals surface area contributed by atoms with Gasteiger partial charge in [0.25, 0.3) is 0 Å². The van der Waals surface area contributed by atoms with Gasteiger partial charge in [0.15, 0.2) is 0 Å². The molecule has 1 radical (unpaired) electrons. The molecule has 0 fully saturated rings. The zero-order chi connectivity index (χ0) is 14.2. The fourth-order valence-corrected chi connectivity index (χ4v) is 2.88. The van der Waals surface area contributed by atoms with Crippen LogP contribution in [0.1, 0.15) is 5.56 Å². The van der Waals surface area contributed by atoms with E-state index in [-0.39, 0.29) is 0 Å². The Bertz CT molecular complexity index is 895. The minimum absolute atomic E-state index is 0.569. The van der Waals surface area contributed by atoms with Gasteiger partial charge in [-0.25, -0.2) is 0 Å². The van der Waals surface area contributed by atoms with Gasteiger partial charge in [-0.2, -0.15) is 0 Å². The van der Waals surface area contributed by atoms with E-state index in [0.29, 0.717) is 5.56 Å². The Hall–Kier alpha value is -2.87. The van der Waals surface area contributed by atoms with Crippen molar-refractivity contribution in [2.75, 3.05) is 0 Å². The van der Waals surface area contributed by atoms with Crippen molar-refractivity contribution in [3.8, 4) is 5.69 Å². The molecule has 0 amide bonds. The topological polar surface area (TPSA) is 22.0 Å². The molecule has 0 N–H and O–H groups in total. The zero-order valence-electron chi connectivity index (χ0n) is 11.3. The van der Waals surface area contributed by atoms with E-state index in [4.69, 9.17) is 0 Å². The van der Waals surface area contributed by atoms with Crippen molar-refractivity contribution in [2.45, 2.75) is 0 Å². The lowest BCUT2D eigenvalue weighted by molar-refractivity contribution is 0.563. The van der Waals surface area contributed by atoms with Crippen LogP contribution in [0.25, 0.3) is 27.5 Å². The Balaban J connectivity index is 2.11. The third-order valence-electron chi connectivity index (χ3n) is 3.82. The minimum atomic E-state index is 0.569. The van der Waals surface area contributed by atoms with E-state index in [9.17, 15) is 4.79 Å². The number of hydrogen-bond acceptors (Lipinski definition) is 1. The van der Waals surface area contributed by atoms with Crippen molar-refractivity contribution in [1.29, 1.82) is 0 Å². The highest BCUT2D eigenvalue weighted by Crippen LogP contribution is 2.31. The van der Waals surface area contributed by atoms with E-state index in [2.05, 4.69) is 41.0 Å². The van der Waals surface area contributed by atoms with Gasteiger partial charge in [-0.3, -0.25) is 4.79 Å². The van der Waals surface area contributed by atoms with Gasteiger partial charge in [-0.05, 0) is 36.4 Å². The molecule has 2 nitrogen and oxygen atoms in total. The predicted molar refractivity (Wildman–Crippen MR) is 85.6 cm³/mol. The van der Waals surface area contributed by atoms with Crippen LogP contribution in [0.15, 0.2) is 72.8 Å². The van der Waals surface area contributed by atoms with Gasteiger partial charge in [-0.15, -0.1) is 0 Å². The summed E-state index contributed by atoms with van der Waals surface area (Å²) in [4.78, 5) is 10.7. The summed E-state index contributed by atoms with van der Waals surface area (Å²) in [6.07, 6.45) is 1.91. The van der Waals surface area contributed by atoms with Gasteiger partial charge in [0.05, 0.1) is 11.0 Å². The molecule has 0 saturated heterocycles. The summed E-state index contributed by atoms with van der Waals surface area (Å²) in [5.41, 5.74) is 3.95. The molecular formula is C19H12NO. The first kappa shape index (κ1) is 11.9. The zero-order valence-corrected chi connectivity index (χ0v) is 11.3. The van der Waals surface area contributed by atoms with Crippen LogP contribution in [-0.2, 0) is 4.79 Å². The van der Waals surface area contributed by atoms with Crippen molar-refractivity contribution in [2.24, 2.45) is 0 Å². The third kappa shape index (κ3) is 1.77. The number of para-hydroxylation sites is 2. The van der Waals surface area contributed by atoms with Gasteiger partial charge >= 0.3 is 0 Å². The maximum absolute atomic E-state index is 10.7. The van der Waals surface area contributed by atoms with Crippen molar-refractivity contribution >= 4 is 28.1 Å². The minimum Gasteiger partial charge on any atom is -0.309 e. The fourth-order valence-electron chi connectivity index (χ4n) is 2.88. The van der Waals surface area contributed by atoms with Crippen LogP contribution < -0.4 is 0 Å². The summed E-state index contributed by atoms with van der Waals surface area (Å²) in [6.45, 7) is 0. The van der Waals surface area contributed by atoms with Gasteiger partial charge in [-0.1, -0.05) is 36.4 Å². The van der Waals surface area contributed by atoms with Crippen LogP contribution in [0, 0.1) is 0 Å². The van der Waals surface area contributed by atoms with E-state index in [0.717, 1.165) is 5.69 Å². The Morgan fingerprint density at radius 3 is 1.71 bits per heavy atom. The Morgan fingerprint density at radius 1 is 0.667 bits per heavy atom. The lowest BCUT2D eigenvalue weighted by Gasteiger charge is -2.07. The van der Waals surface area contributed by atoms with E-state index in [1.165, 1.54) is 21.8 Å². The summed E-state index contributed by atoms with van der Waals surface area (Å²) in [5.74, 6) is 0. The normalized spacial score (nSPS) is 11.0. The second-order valence-electron chi connectivity index (χ2n) is 5.02. The second kappa shape index (κ2) is 4.60. The first-order chi connectivity index (χ1) is 10.4. The average Bonchev–Trinajstić information content (AvgIpc) is 2.90. The largest absolute Gasteiger partial charge is 0.309 e. The fraction of sp³-hybridized carbons (Fsp3) is 0. The monoisotopic (exact) mass is 270 g/mol. The molecule has 0 atom stereocenters. The Labute approximate surface area is 122 Å². The first-order valence-corrected chi connectivity index (χ1v) is 6.85. The Kier molecular flexibility index (Phi) is 2.61. The molecular weight excluding hydrogens is 258 g/mol. The van der Waals surface area contributed by atoms with Crippen molar-refractivity contribution in [3.63, 3.8) is 0 Å². The number of fused-ring (bicyclic) bond motifs is 3. The molecule has 0 unspecified atom stereocenters. The number of aromatic nitrogens is 1. The molecule has 1 aromatic heterocycles. The predicted octanol–water partition coefficient (Wildman–Crippen LogP) is 4.24. The van der Waals surface area contributed by atoms with Gasteiger partial charge in [0.2, 0.25) is 6.29 Å². The molecule has 0 aliphatic rings. The van der Waals surface area contributed by atoms with Crippen molar-refractivity contribution in [1.82, 2.24) is 4.57 Å². The SMILES string of the molecule is O=[C]c1ccc(-n2c3ccccc3c3ccccc32)cc1. The summed E-state index contributed by atoms with van der Waals surface area (Å²) in [5, 5.41) is 2.47. The van der Waals surface area contributed by atoms with Crippen LogP contribution in [0.5, 0.6) is 0 Å². The van der Waals surface area contributed by atoms with Crippen LogP contribution in [-0.4, -0.2) is 10.9 Å². The lowest BCUT2D eigenvalue weighted by atomic mass is 10.2. The molecule has 0 aliphatic heterocycles. The van der Waals surface area contributed by atoms with Crippen LogP contribution in [0.4, 0.5) is 0 Å². The van der Waals surface area contributed by atoms with E-state index < -0.39 is 0 Å². The second-order valence-corrected chi connectivity index (χ2v) is 5.02. The third-order valence-corrected chi connectivity index (χ3v) is 3.82. The summed E-state index contributed by atoms with van der Waals surface area (Å²) in [7, 11) is 0. The van der Waals surface area contributed by atoms with Gasteiger partial charge in [0.1, 0.15) is 0 Å². The van der Waals surface area contributed by atoms with Crippen LogP contribution >= 0.6 is 0 Å². The highest BCUT2D eigenvalue weighted by atomic mass is 16.1. The maximum Gasteiger partial charge on any atom is 0.233 e. The number of carbonyl (C=O) groups excluding carboxylic acids is 1. The van der Waals surface area contributed by atoms with Crippen molar-refractivity contribution in [3.05, 3.63) is 78.4 Å². The number of hydrogen-bond donors (Lipinski definition) is 0. The van der Waals surface area contributed by atoms with Gasteiger partial charge in [0, 0.05) is 22.0 Å². The quantitative estimate of drug-likeness (QED) is 0.534. The van der Waals surface area contributed by atoms with Crippen LogP contribution in [0.3, 0.4) is 0 Å².